The van der Waals surface area contributed by atoms with Crippen molar-refractivity contribution in [3.05, 3.63) is 51.9 Å². The molecule has 2 aromatic heterocycles. The standard InChI is InChI=1S/C18H17N3O4S/c1-10-15(25-13-6-4-3-5-12(13)24-10)18(23)21(2)9-14-19-11-7-8-26-16(11)17(22)20-14/h3-8,10,15H,9H2,1-2H3,(H,19,20,22)/t10-,15+/m0/s1. The maximum atomic E-state index is 12.8. The third-order valence-corrected chi connectivity index (χ3v) is 5.12. The number of hydrogen-bond donors (Lipinski definition) is 1. The summed E-state index contributed by atoms with van der Waals surface area (Å²) in [4.78, 5) is 33.5. The molecule has 1 aromatic carbocycles. The van der Waals surface area contributed by atoms with E-state index in [-0.39, 0.29) is 18.0 Å². The Hall–Kier alpha value is -2.87. The predicted octanol–water partition coefficient (Wildman–Crippen LogP) is 2.17. The fourth-order valence-electron chi connectivity index (χ4n) is 2.91. The molecule has 3 aromatic rings. The molecule has 4 rings (SSSR count). The van der Waals surface area contributed by atoms with E-state index in [1.807, 2.05) is 17.5 Å². The molecule has 0 fully saturated rings. The normalized spacial score (nSPS) is 18.7. The zero-order valence-corrected chi connectivity index (χ0v) is 15.1. The highest BCUT2D eigenvalue weighted by Gasteiger charge is 2.36. The molecule has 134 valence electrons. The van der Waals surface area contributed by atoms with E-state index < -0.39 is 12.2 Å². The first-order valence-corrected chi connectivity index (χ1v) is 9.04. The van der Waals surface area contributed by atoms with Gasteiger partial charge in [-0.1, -0.05) is 12.1 Å². The van der Waals surface area contributed by atoms with Gasteiger partial charge in [-0.15, -0.1) is 11.3 Å². The molecule has 2 atom stereocenters. The molecule has 26 heavy (non-hydrogen) atoms. The van der Waals surface area contributed by atoms with Crippen LogP contribution in [0.2, 0.25) is 0 Å². The summed E-state index contributed by atoms with van der Waals surface area (Å²) in [6, 6.07) is 9.05. The number of nitrogens with one attached hydrogen (secondary N) is 1. The fourth-order valence-corrected chi connectivity index (χ4v) is 3.63. The number of rotatable bonds is 3. The lowest BCUT2D eigenvalue weighted by Crippen LogP contribution is -2.49. The molecule has 0 radical (unpaired) electrons. The predicted molar refractivity (Wildman–Crippen MR) is 97.7 cm³/mol. The molecule has 1 amide bonds. The summed E-state index contributed by atoms with van der Waals surface area (Å²) in [6.07, 6.45) is -1.18. The summed E-state index contributed by atoms with van der Waals surface area (Å²) in [6.45, 7) is 1.97. The number of thiophene rings is 1. The van der Waals surface area contributed by atoms with Crippen LogP contribution in [0.4, 0.5) is 0 Å². The number of carbonyl (C=O) groups is 1. The van der Waals surface area contributed by atoms with Gasteiger partial charge in [0.05, 0.1) is 12.1 Å². The van der Waals surface area contributed by atoms with Crippen LogP contribution in [-0.4, -0.2) is 40.0 Å². The van der Waals surface area contributed by atoms with Crippen LogP contribution in [-0.2, 0) is 11.3 Å². The maximum absolute atomic E-state index is 12.8. The summed E-state index contributed by atoms with van der Waals surface area (Å²) in [5.41, 5.74) is 0.439. The summed E-state index contributed by atoms with van der Waals surface area (Å²) >= 11 is 1.34. The van der Waals surface area contributed by atoms with Crippen molar-refractivity contribution in [3.63, 3.8) is 0 Å². The van der Waals surface area contributed by atoms with Crippen LogP contribution < -0.4 is 15.0 Å². The van der Waals surface area contributed by atoms with Crippen LogP contribution >= 0.6 is 11.3 Å². The number of benzene rings is 1. The van der Waals surface area contributed by atoms with Gasteiger partial charge in [-0.3, -0.25) is 9.59 Å². The van der Waals surface area contributed by atoms with E-state index >= 15 is 0 Å². The van der Waals surface area contributed by atoms with Crippen LogP contribution in [0.3, 0.4) is 0 Å². The van der Waals surface area contributed by atoms with Crippen molar-refractivity contribution in [1.29, 1.82) is 0 Å². The Morgan fingerprint density at radius 3 is 2.77 bits per heavy atom. The van der Waals surface area contributed by atoms with Crippen LogP contribution in [0.5, 0.6) is 11.5 Å². The summed E-state index contributed by atoms with van der Waals surface area (Å²) in [5, 5.41) is 1.82. The Labute approximate surface area is 153 Å². The number of amides is 1. The summed E-state index contributed by atoms with van der Waals surface area (Å²) in [7, 11) is 1.65. The Balaban J connectivity index is 1.53. The Kier molecular flexibility index (Phi) is 4.12. The smallest absolute Gasteiger partial charge is 0.268 e. The van der Waals surface area contributed by atoms with Crippen molar-refractivity contribution < 1.29 is 14.3 Å². The van der Waals surface area contributed by atoms with Crippen molar-refractivity contribution in [1.82, 2.24) is 14.9 Å². The van der Waals surface area contributed by atoms with Gasteiger partial charge in [0.25, 0.3) is 11.5 Å². The lowest BCUT2D eigenvalue weighted by Gasteiger charge is -2.33. The molecule has 1 aliphatic heterocycles. The molecule has 0 aliphatic carbocycles. The van der Waals surface area contributed by atoms with Crippen molar-refractivity contribution in [2.75, 3.05) is 7.05 Å². The monoisotopic (exact) mass is 371 g/mol. The van der Waals surface area contributed by atoms with Crippen molar-refractivity contribution in [2.24, 2.45) is 0 Å². The average Bonchev–Trinajstić information content (AvgIpc) is 3.09. The Morgan fingerprint density at radius 2 is 2.00 bits per heavy atom. The zero-order chi connectivity index (χ0) is 18.3. The molecule has 3 heterocycles. The van der Waals surface area contributed by atoms with Gasteiger partial charge in [-0.2, -0.15) is 0 Å². The van der Waals surface area contributed by atoms with Gasteiger partial charge in [-0.05, 0) is 30.5 Å². The number of likely N-dealkylation sites (N-methyl/N-ethyl adjacent to an activating group) is 1. The fraction of sp³-hybridized carbons (Fsp3) is 0.278. The third-order valence-electron chi connectivity index (χ3n) is 4.21. The van der Waals surface area contributed by atoms with Crippen LogP contribution in [0.25, 0.3) is 10.2 Å². The number of carbonyl (C=O) groups excluding carboxylic acids is 1. The van der Waals surface area contributed by atoms with E-state index in [1.165, 1.54) is 16.2 Å². The largest absolute Gasteiger partial charge is 0.482 e. The van der Waals surface area contributed by atoms with Gasteiger partial charge in [0, 0.05) is 7.05 Å². The molecule has 0 saturated carbocycles. The summed E-state index contributed by atoms with van der Waals surface area (Å²) in [5.74, 6) is 1.37. The van der Waals surface area contributed by atoms with Crippen LogP contribution in [0.1, 0.15) is 12.7 Å². The van der Waals surface area contributed by atoms with E-state index in [9.17, 15) is 9.59 Å². The Morgan fingerprint density at radius 1 is 1.27 bits per heavy atom. The second-order valence-corrected chi connectivity index (χ2v) is 7.07. The zero-order valence-electron chi connectivity index (χ0n) is 14.3. The second kappa shape index (κ2) is 6.45. The lowest BCUT2D eigenvalue weighted by atomic mass is 10.1. The highest BCUT2D eigenvalue weighted by atomic mass is 32.1. The molecule has 8 heteroatoms. The number of nitrogens with zero attached hydrogens (tertiary/aromatic N) is 2. The van der Waals surface area contributed by atoms with Crippen molar-refractivity contribution in [2.45, 2.75) is 25.7 Å². The second-order valence-electron chi connectivity index (χ2n) is 6.15. The Bertz CT molecular complexity index is 1030. The molecule has 0 spiro atoms. The van der Waals surface area contributed by atoms with E-state index in [0.29, 0.717) is 27.5 Å². The van der Waals surface area contributed by atoms with E-state index in [1.54, 1.807) is 32.2 Å². The van der Waals surface area contributed by atoms with Crippen LogP contribution in [0.15, 0.2) is 40.5 Å². The quantitative estimate of drug-likeness (QED) is 0.763. The highest BCUT2D eigenvalue weighted by molar-refractivity contribution is 7.17. The van der Waals surface area contributed by atoms with Gasteiger partial charge in [0.15, 0.2) is 11.5 Å². The first kappa shape index (κ1) is 16.6. The molecule has 1 aliphatic rings. The minimum absolute atomic E-state index is 0.175. The number of aromatic amines is 1. The molecular formula is C18H17N3O4S. The number of para-hydroxylation sites is 2. The van der Waals surface area contributed by atoms with E-state index in [2.05, 4.69) is 9.97 Å². The minimum Gasteiger partial charge on any atom is -0.482 e. The molecule has 0 bridgehead atoms. The lowest BCUT2D eigenvalue weighted by molar-refractivity contribution is -0.143. The van der Waals surface area contributed by atoms with Crippen molar-refractivity contribution >= 4 is 27.5 Å². The van der Waals surface area contributed by atoms with E-state index in [0.717, 1.165) is 0 Å². The van der Waals surface area contributed by atoms with Gasteiger partial charge < -0.3 is 19.4 Å². The highest BCUT2D eigenvalue weighted by Crippen LogP contribution is 2.33. The molecular weight excluding hydrogens is 354 g/mol. The molecule has 0 saturated heterocycles. The number of hydrogen-bond acceptors (Lipinski definition) is 6. The van der Waals surface area contributed by atoms with Gasteiger partial charge in [0.2, 0.25) is 6.10 Å². The number of ether oxygens (including phenoxy) is 2. The van der Waals surface area contributed by atoms with Gasteiger partial charge in [0.1, 0.15) is 16.6 Å². The molecule has 1 N–H and O–H groups in total. The molecule has 0 unspecified atom stereocenters. The number of aromatic nitrogens is 2. The van der Waals surface area contributed by atoms with Crippen molar-refractivity contribution in [3.8, 4) is 11.5 Å². The van der Waals surface area contributed by atoms with E-state index in [4.69, 9.17) is 9.47 Å². The maximum Gasteiger partial charge on any atom is 0.268 e. The minimum atomic E-state index is -0.758. The summed E-state index contributed by atoms with van der Waals surface area (Å²) < 4.78 is 12.2. The number of fused-ring (bicyclic) bond motifs is 2. The van der Waals surface area contributed by atoms with Gasteiger partial charge >= 0.3 is 0 Å². The van der Waals surface area contributed by atoms with Gasteiger partial charge in [-0.25, -0.2) is 4.98 Å². The molecule has 7 nitrogen and oxygen atoms in total. The average molecular weight is 371 g/mol. The first-order chi connectivity index (χ1) is 12.5. The third kappa shape index (κ3) is 2.92. The first-order valence-electron chi connectivity index (χ1n) is 8.16. The SMILES string of the molecule is C[C@@H]1Oc2ccccc2O[C@H]1C(=O)N(C)Cc1nc2ccsc2c(=O)[nH]1. The van der Waals surface area contributed by atoms with Crippen LogP contribution in [0, 0.1) is 0 Å². The number of H-pyrrole nitrogens is 1. The topological polar surface area (TPSA) is 84.5 Å².